The van der Waals surface area contributed by atoms with Crippen molar-refractivity contribution in [2.45, 2.75) is 101 Å². The number of rotatable bonds is 15. The number of hydrogen-bond acceptors (Lipinski definition) is 5. The van der Waals surface area contributed by atoms with Crippen molar-refractivity contribution >= 4 is 34.4 Å². The third-order valence-electron chi connectivity index (χ3n) is 7.11. The number of nitrogens with one attached hydrogen (secondary N) is 2. The van der Waals surface area contributed by atoms with Crippen LogP contribution in [0.1, 0.15) is 115 Å². The van der Waals surface area contributed by atoms with E-state index in [-0.39, 0.29) is 11.7 Å². The van der Waals surface area contributed by atoms with Crippen molar-refractivity contribution in [3.63, 3.8) is 0 Å². The van der Waals surface area contributed by atoms with E-state index >= 15 is 0 Å². The van der Waals surface area contributed by atoms with Crippen LogP contribution in [0.25, 0.3) is 11.0 Å². The minimum absolute atomic E-state index is 0.0234. The molecule has 2 N–H and O–H groups in total. The SMILES string of the molecule is CC.CCCCCNC.CCn1c(Nc2cccc(C(C)=O)c2)nc2ccc(C(=O)N(CCC(C)C)CCC(C)C)cc21. The summed E-state index contributed by atoms with van der Waals surface area (Å²) in [6.07, 6.45) is 5.99. The number of ketones is 1. The average molecular weight is 594 g/mol. The van der Waals surface area contributed by atoms with Gasteiger partial charge in [0.05, 0.1) is 11.0 Å². The van der Waals surface area contributed by atoms with E-state index < -0.39 is 0 Å². The summed E-state index contributed by atoms with van der Waals surface area (Å²) >= 11 is 0. The second-order valence-electron chi connectivity index (χ2n) is 11.6. The number of aryl methyl sites for hydroxylation is 1. The molecule has 0 radical (unpaired) electrons. The number of Topliss-reactive ketones (excluding diaryl/α,β-unsaturated/α-hetero) is 1. The van der Waals surface area contributed by atoms with Gasteiger partial charge in [0.1, 0.15) is 0 Å². The van der Waals surface area contributed by atoms with Crippen LogP contribution in [0, 0.1) is 11.8 Å². The minimum atomic E-state index is 0.0234. The van der Waals surface area contributed by atoms with Crippen LogP contribution in [0.3, 0.4) is 0 Å². The van der Waals surface area contributed by atoms with E-state index in [2.05, 4.69) is 56.7 Å². The van der Waals surface area contributed by atoms with Crippen LogP contribution in [0.5, 0.6) is 0 Å². The van der Waals surface area contributed by atoms with E-state index in [1.54, 1.807) is 13.0 Å². The second kappa shape index (κ2) is 20.7. The molecule has 0 aliphatic heterocycles. The van der Waals surface area contributed by atoms with E-state index in [4.69, 9.17) is 4.98 Å². The summed E-state index contributed by atoms with van der Waals surface area (Å²) in [6, 6.07) is 13.2. The first-order valence-electron chi connectivity index (χ1n) is 16.4. The average Bonchev–Trinajstić information content (AvgIpc) is 3.34. The molecule has 7 nitrogen and oxygen atoms in total. The Morgan fingerprint density at radius 3 is 2.09 bits per heavy atom. The van der Waals surface area contributed by atoms with Crippen molar-refractivity contribution in [1.82, 2.24) is 19.8 Å². The molecule has 43 heavy (non-hydrogen) atoms. The fourth-order valence-electron chi connectivity index (χ4n) is 4.49. The van der Waals surface area contributed by atoms with Crippen molar-refractivity contribution in [3.8, 4) is 0 Å². The molecule has 0 aliphatic rings. The fraction of sp³-hybridized carbons (Fsp3) is 0.583. The lowest BCUT2D eigenvalue weighted by molar-refractivity contribution is 0.0740. The maximum atomic E-state index is 13.5. The predicted molar refractivity (Wildman–Crippen MR) is 185 cm³/mol. The molecule has 0 unspecified atom stereocenters. The van der Waals surface area contributed by atoms with Crippen LogP contribution in [0.4, 0.5) is 11.6 Å². The lowest BCUT2D eigenvalue weighted by Gasteiger charge is -2.24. The molecule has 0 fully saturated rings. The highest BCUT2D eigenvalue weighted by atomic mass is 16.2. The van der Waals surface area contributed by atoms with E-state index in [9.17, 15) is 9.59 Å². The van der Waals surface area contributed by atoms with E-state index in [0.717, 1.165) is 42.7 Å². The zero-order valence-corrected chi connectivity index (χ0v) is 28.7. The second-order valence-corrected chi connectivity index (χ2v) is 11.6. The van der Waals surface area contributed by atoms with Crippen LogP contribution >= 0.6 is 0 Å². The summed E-state index contributed by atoms with van der Waals surface area (Å²) in [5.41, 5.74) is 3.91. The van der Waals surface area contributed by atoms with E-state index in [0.29, 0.717) is 35.5 Å². The quantitative estimate of drug-likeness (QED) is 0.136. The van der Waals surface area contributed by atoms with Crippen molar-refractivity contribution in [2.24, 2.45) is 11.8 Å². The van der Waals surface area contributed by atoms with Gasteiger partial charge >= 0.3 is 0 Å². The van der Waals surface area contributed by atoms with Gasteiger partial charge in [0.2, 0.25) is 5.95 Å². The number of aromatic nitrogens is 2. The number of hydrogen-bond donors (Lipinski definition) is 2. The Balaban J connectivity index is 0.000000901. The number of nitrogens with zero attached hydrogens (tertiary/aromatic N) is 3. The predicted octanol–water partition coefficient (Wildman–Crippen LogP) is 8.96. The van der Waals surface area contributed by atoms with Gasteiger partial charge < -0.3 is 20.1 Å². The lowest BCUT2D eigenvalue weighted by Crippen LogP contribution is -2.34. The van der Waals surface area contributed by atoms with Gasteiger partial charge in [-0.15, -0.1) is 0 Å². The molecule has 0 saturated carbocycles. The van der Waals surface area contributed by atoms with Crippen molar-refractivity contribution in [2.75, 3.05) is 32.0 Å². The third-order valence-corrected chi connectivity index (χ3v) is 7.11. The van der Waals surface area contributed by atoms with Crippen LogP contribution in [0.15, 0.2) is 42.5 Å². The van der Waals surface area contributed by atoms with Gasteiger partial charge in [0, 0.05) is 36.4 Å². The highest BCUT2D eigenvalue weighted by Gasteiger charge is 2.19. The van der Waals surface area contributed by atoms with E-state index in [1.807, 2.05) is 62.2 Å². The topological polar surface area (TPSA) is 79.3 Å². The summed E-state index contributed by atoms with van der Waals surface area (Å²) in [5, 5.41) is 6.45. The Morgan fingerprint density at radius 1 is 0.907 bits per heavy atom. The monoisotopic (exact) mass is 593 g/mol. The summed E-state index contributed by atoms with van der Waals surface area (Å²) in [4.78, 5) is 32.0. The van der Waals surface area contributed by atoms with Crippen LogP contribution in [-0.4, -0.2) is 52.8 Å². The largest absolute Gasteiger partial charge is 0.339 e. The first kappa shape index (κ1) is 37.8. The number of amides is 1. The highest BCUT2D eigenvalue weighted by molar-refractivity contribution is 5.98. The molecular weight excluding hydrogens is 534 g/mol. The summed E-state index contributed by atoms with van der Waals surface area (Å²) in [6.45, 7) is 22.0. The van der Waals surface area contributed by atoms with Crippen LogP contribution in [0.2, 0.25) is 0 Å². The molecule has 1 amide bonds. The van der Waals surface area contributed by atoms with Gasteiger partial charge in [-0.25, -0.2) is 4.98 Å². The molecule has 3 rings (SSSR count). The maximum Gasteiger partial charge on any atom is 0.253 e. The number of carbonyl (C=O) groups excluding carboxylic acids is 2. The van der Waals surface area contributed by atoms with Gasteiger partial charge in [-0.3, -0.25) is 9.59 Å². The van der Waals surface area contributed by atoms with Crippen molar-refractivity contribution in [3.05, 3.63) is 53.6 Å². The highest BCUT2D eigenvalue weighted by Crippen LogP contribution is 2.25. The Labute approximate surface area is 261 Å². The smallest absolute Gasteiger partial charge is 0.253 e. The van der Waals surface area contributed by atoms with Gasteiger partial charge in [-0.1, -0.05) is 73.4 Å². The number of anilines is 2. The molecule has 240 valence electrons. The molecule has 1 aromatic heterocycles. The number of imidazole rings is 1. The molecule has 2 aromatic carbocycles. The Morgan fingerprint density at radius 2 is 1.56 bits per heavy atom. The van der Waals surface area contributed by atoms with Crippen LogP contribution < -0.4 is 10.6 Å². The lowest BCUT2D eigenvalue weighted by atomic mass is 10.1. The van der Waals surface area contributed by atoms with Gasteiger partial charge in [0.25, 0.3) is 5.91 Å². The fourth-order valence-corrected chi connectivity index (χ4v) is 4.49. The first-order valence-corrected chi connectivity index (χ1v) is 16.4. The minimum Gasteiger partial charge on any atom is -0.339 e. The van der Waals surface area contributed by atoms with E-state index in [1.165, 1.54) is 25.8 Å². The van der Waals surface area contributed by atoms with Gasteiger partial charge in [-0.2, -0.15) is 0 Å². The Hall–Kier alpha value is -3.19. The normalized spacial score (nSPS) is 10.7. The maximum absolute atomic E-state index is 13.5. The van der Waals surface area contributed by atoms with Gasteiger partial charge in [0.15, 0.2) is 5.78 Å². The molecule has 0 aliphatic carbocycles. The summed E-state index contributed by atoms with van der Waals surface area (Å²) in [5.74, 6) is 1.90. The Kier molecular flexibility index (Phi) is 18.2. The van der Waals surface area contributed by atoms with Gasteiger partial charge in [-0.05, 0) is 88.9 Å². The summed E-state index contributed by atoms with van der Waals surface area (Å²) < 4.78 is 2.07. The zero-order chi connectivity index (χ0) is 32.4. The number of carbonyl (C=O) groups is 2. The zero-order valence-electron chi connectivity index (χ0n) is 28.7. The van der Waals surface area contributed by atoms with Crippen molar-refractivity contribution < 1.29 is 9.59 Å². The molecule has 0 saturated heterocycles. The first-order chi connectivity index (χ1) is 20.6. The molecular formula is C36H59N5O2. The number of unbranched alkanes of at least 4 members (excludes halogenated alkanes) is 2. The van der Waals surface area contributed by atoms with Crippen molar-refractivity contribution in [1.29, 1.82) is 0 Å². The molecule has 0 spiro atoms. The standard InChI is InChI=1S/C28H38N4O2.C6H15N.C2H6/c1-7-32-26-18-23(27(34)31(15-13-19(2)3)16-14-20(4)5)11-12-25(26)30-28(32)29-24-10-8-9-22(17-24)21(6)33;1-3-4-5-6-7-2;1-2/h8-12,17-20H,7,13-16H2,1-6H3,(H,29,30);7H,3-6H2,1-2H3;1-2H3. The number of benzene rings is 2. The molecule has 0 bridgehead atoms. The number of fused-ring (bicyclic) bond motifs is 1. The third kappa shape index (κ3) is 12.9. The van der Waals surface area contributed by atoms with Crippen LogP contribution in [-0.2, 0) is 6.54 Å². The molecule has 3 aromatic rings. The molecule has 7 heteroatoms. The molecule has 0 atom stereocenters. The Bertz CT molecular complexity index is 1220. The summed E-state index contributed by atoms with van der Waals surface area (Å²) in [7, 11) is 2.00. The molecule has 1 heterocycles.